The van der Waals surface area contributed by atoms with Gasteiger partial charge in [0.2, 0.25) is 10.0 Å². The van der Waals surface area contributed by atoms with E-state index < -0.39 is 38.8 Å². The highest BCUT2D eigenvalue weighted by Gasteiger charge is 2.39. The lowest BCUT2D eigenvalue weighted by Gasteiger charge is -2.17. The fourth-order valence-corrected chi connectivity index (χ4v) is 4.72. The lowest BCUT2D eigenvalue weighted by molar-refractivity contribution is -0.147. The zero-order chi connectivity index (χ0) is 26.4. The van der Waals surface area contributed by atoms with Gasteiger partial charge in [0.25, 0.3) is 0 Å². The number of benzene rings is 1. The predicted octanol–water partition coefficient (Wildman–Crippen LogP) is 4.77. The van der Waals surface area contributed by atoms with Crippen molar-refractivity contribution in [2.45, 2.75) is 31.0 Å². The van der Waals surface area contributed by atoms with E-state index >= 15 is 0 Å². The van der Waals surface area contributed by atoms with Gasteiger partial charge in [-0.05, 0) is 49.7 Å². The maximum Gasteiger partial charge on any atom is 0.404 e. The Morgan fingerprint density at radius 2 is 1.78 bits per heavy atom. The Morgan fingerprint density at radius 3 is 2.36 bits per heavy atom. The summed E-state index contributed by atoms with van der Waals surface area (Å²) >= 11 is 0. The van der Waals surface area contributed by atoms with E-state index in [-0.39, 0.29) is 28.3 Å². The number of hydrogen-bond acceptors (Lipinski definition) is 5. The van der Waals surface area contributed by atoms with E-state index in [2.05, 4.69) is 9.97 Å². The van der Waals surface area contributed by atoms with Crippen molar-refractivity contribution in [2.75, 3.05) is 0 Å². The molecule has 0 bridgehead atoms. The molecule has 0 amide bonds. The number of aromatic nitrogens is 3. The molecule has 4 rings (SSSR count). The molecule has 0 spiro atoms. The Bertz CT molecular complexity index is 1620. The Morgan fingerprint density at radius 1 is 1.06 bits per heavy atom. The van der Waals surface area contributed by atoms with Gasteiger partial charge in [0.1, 0.15) is 22.7 Å². The molecule has 36 heavy (non-hydrogen) atoms. The van der Waals surface area contributed by atoms with Crippen LogP contribution >= 0.6 is 0 Å². The molecule has 3 heterocycles. The van der Waals surface area contributed by atoms with Crippen molar-refractivity contribution >= 4 is 21.1 Å². The second-order valence-electron chi connectivity index (χ2n) is 7.92. The molecule has 186 valence electrons. The first-order valence-electron chi connectivity index (χ1n) is 10.3. The first-order valence-corrected chi connectivity index (χ1v) is 11.7. The number of nitriles is 1. The summed E-state index contributed by atoms with van der Waals surface area (Å²) in [7, 11) is -4.57. The number of pyridine rings is 2. The molecule has 4 aromatic rings. The van der Waals surface area contributed by atoms with Gasteiger partial charge in [0.15, 0.2) is 11.6 Å². The number of nitrogens with zero attached hydrogens (tertiary/aromatic N) is 4. The fourth-order valence-electron chi connectivity index (χ4n) is 3.55. The zero-order valence-electron chi connectivity index (χ0n) is 18.6. The third-order valence-corrected chi connectivity index (χ3v) is 6.86. The largest absolute Gasteiger partial charge is 0.404 e. The number of sulfonamides is 1. The number of aryl methyl sites for hydroxylation is 1. The van der Waals surface area contributed by atoms with Crippen LogP contribution in [0, 0.1) is 29.9 Å². The number of hydrogen-bond donors (Lipinski definition) is 1. The monoisotopic (exact) mass is 521 g/mol. The number of halogens is 5. The van der Waals surface area contributed by atoms with Gasteiger partial charge in [0, 0.05) is 23.8 Å². The maximum absolute atomic E-state index is 14.1. The van der Waals surface area contributed by atoms with Crippen LogP contribution in [0.25, 0.3) is 28.1 Å². The molecule has 0 radical (unpaired) electrons. The summed E-state index contributed by atoms with van der Waals surface area (Å²) in [6.07, 6.45) is -2.44. The Hall–Kier alpha value is -3.89. The highest BCUT2D eigenvalue weighted by molar-refractivity contribution is 7.89. The van der Waals surface area contributed by atoms with E-state index in [1.807, 2.05) is 6.07 Å². The molecular formula is C23H16F5N5O2S. The molecule has 0 fully saturated rings. The number of alkyl halides is 3. The summed E-state index contributed by atoms with van der Waals surface area (Å²) in [5, 5.41) is 10.3. The van der Waals surface area contributed by atoms with Crippen molar-refractivity contribution in [3.8, 4) is 23.1 Å². The molecular weight excluding hydrogens is 505 g/mol. The molecule has 1 unspecified atom stereocenters. The molecule has 3 aromatic heterocycles. The van der Waals surface area contributed by atoms with Gasteiger partial charge in [-0.25, -0.2) is 22.2 Å². The van der Waals surface area contributed by atoms with E-state index in [0.717, 1.165) is 24.4 Å². The summed E-state index contributed by atoms with van der Waals surface area (Å²) in [5.41, 5.74) is 1.31. The van der Waals surface area contributed by atoms with Crippen LogP contribution in [0.3, 0.4) is 0 Å². The summed E-state index contributed by atoms with van der Waals surface area (Å²) in [6.45, 7) is 2.41. The lowest BCUT2D eigenvalue weighted by atomic mass is 10.1. The van der Waals surface area contributed by atoms with E-state index in [1.54, 1.807) is 13.0 Å². The van der Waals surface area contributed by atoms with Crippen molar-refractivity contribution in [3.05, 3.63) is 71.6 Å². The minimum Gasteiger partial charge on any atom is -0.291 e. The molecule has 1 aromatic carbocycles. The van der Waals surface area contributed by atoms with E-state index in [0.29, 0.717) is 17.9 Å². The van der Waals surface area contributed by atoms with Crippen molar-refractivity contribution < 1.29 is 30.4 Å². The second kappa shape index (κ2) is 8.96. The van der Waals surface area contributed by atoms with Crippen LogP contribution in [-0.2, 0) is 10.0 Å². The third kappa shape index (κ3) is 4.52. The molecule has 1 N–H and O–H groups in total. The molecule has 0 aliphatic heterocycles. The highest BCUT2D eigenvalue weighted by atomic mass is 32.2. The average molecular weight is 521 g/mol. The Labute approximate surface area is 201 Å². The minimum absolute atomic E-state index is 0.0507. The molecule has 0 saturated heterocycles. The zero-order valence-corrected chi connectivity index (χ0v) is 19.4. The standard InChI is InChI=1S/C23H16F5N5O2S/c1-12-7-16-17(9-29)21(33(22(16)31-10-12)14-3-5-18(24)19(25)8-14)20-6-4-15(11-30-20)36(34,35)32-13(2)23(26,27)28/h3-8,10-11,13,32H,1-2H3. The SMILES string of the molecule is Cc1cnc2c(c1)c(C#N)c(-c1ccc(S(=O)(=O)NC(C)C(F)(F)F)cn1)n2-c1ccc(F)c(F)c1. The van der Waals surface area contributed by atoms with E-state index in [9.17, 15) is 35.6 Å². The van der Waals surface area contributed by atoms with Crippen molar-refractivity contribution in [2.24, 2.45) is 0 Å². The van der Waals surface area contributed by atoms with Gasteiger partial charge in [-0.15, -0.1) is 0 Å². The van der Waals surface area contributed by atoms with Crippen LogP contribution in [0.2, 0.25) is 0 Å². The predicted molar refractivity (Wildman–Crippen MR) is 120 cm³/mol. The fraction of sp³-hybridized carbons (Fsp3) is 0.174. The quantitative estimate of drug-likeness (QED) is 0.381. The summed E-state index contributed by atoms with van der Waals surface area (Å²) < 4.78 is 93.8. The minimum atomic E-state index is -4.79. The van der Waals surface area contributed by atoms with Gasteiger partial charge < -0.3 is 0 Å². The van der Waals surface area contributed by atoms with Gasteiger partial charge in [-0.3, -0.25) is 9.55 Å². The first kappa shape index (κ1) is 25.2. The molecule has 7 nitrogen and oxygen atoms in total. The van der Waals surface area contributed by atoms with Crippen LogP contribution < -0.4 is 4.72 Å². The van der Waals surface area contributed by atoms with Crippen LogP contribution in [0.4, 0.5) is 22.0 Å². The lowest BCUT2D eigenvalue weighted by Crippen LogP contribution is -2.42. The number of nitrogens with one attached hydrogen (secondary N) is 1. The van der Waals surface area contributed by atoms with Crippen molar-refractivity contribution in [1.82, 2.24) is 19.3 Å². The molecule has 13 heteroatoms. The van der Waals surface area contributed by atoms with Crippen molar-refractivity contribution in [1.29, 1.82) is 5.26 Å². The first-order chi connectivity index (χ1) is 16.8. The Balaban J connectivity index is 1.90. The topological polar surface area (TPSA) is 101 Å². The Kier molecular flexibility index (Phi) is 6.27. The molecule has 0 saturated carbocycles. The average Bonchev–Trinajstić information content (AvgIpc) is 3.13. The third-order valence-electron chi connectivity index (χ3n) is 5.33. The van der Waals surface area contributed by atoms with E-state index in [1.165, 1.54) is 27.6 Å². The second-order valence-corrected chi connectivity index (χ2v) is 9.63. The van der Waals surface area contributed by atoms with Crippen LogP contribution in [-0.4, -0.2) is 35.2 Å². The molecule has 0 aliphatic rings. The maximum atomic E-state index is 14.1. The highest BCUT2D eigenvalue weighted by Crippen LogP contribution is 2.35. The summed E-state index contributed by atoms with van der Waals surface area (Å²) in [6, 6.07) is 6.68. The van der Waals surface area contributed by atoms with Gasteiger partial charge in [0.05, 0.1) is 22.6 Å². The number of rotatable bonds is 5. The van der Waals surface area contributed by atoms with Gasteiger partial charge in [-0.2, -0.15) is 23.2 Å². The molecule has 1 atom stereocenters. The normalized spacial score (nSPS) is 13.1. The summed E-state index contributed by atoms with van der Waals surface area (Å²) in [4.78, 5) is 7.86. The van der Waals surface area contributed by atoms with E-state index in [4.69, 9.17) is 0 Å². The van der Waals surface area contributed by atoms with Gasteiger partial charge >= 0.3 is 6.18 Å². The summed E-state index contributed by atoms with van der Waals surface area (Å²) in [5.74, 6) is -2.24. The van der Waals surface area contributed by atoms with Crippen molar-refractivity contribution in [3.63, 3.8) is 0 Å². The smallest absolute Gasteiger partial charge is 0.291 e. The van der Waals surface area contributed by atoms with Crippen LogP contribution in [0.5, 0.6) is 0 Å². The van der Waals surface area contributed by atoms with Gasteiger partial charge in [-0.1, -0.05) is 0 Å². The number of fused-ring (bicyclic) bond motifs is 1. The van der Waals surface area contributed by atoms with Crippen LogP contribution in [0.15, 0.2) is 53.7 Å². The van der Waals surface area contributed by atoms with Crippen LogP contribution in [0.1, 0.15) is 18.1 Å². The molecule has 0 aliphatic carbocycles.